The maximum absolute atomic E-state index is 13.2. The maximum atomic E-state index is 13.2. The van der Waals surface area contributed by atoms with Crippen LogP contribution in [0.15, 0.2) is 30.3 Å². The molecule has 7 N–H and O–H groups in total. The molecule has 0 bridgehead atoms. The first-order valence-electron chi connectivity index (χ1n) is 11.8. The monoisotopic (exact) mass is 489 g/mol. The standard InChI is InChI=1S/C24H35N5O6/c1-3-14(2)20(24(34)35)28-21(31)17(12-15-8-5-4-6-9-15)27-22(32)18-10-7-11-29(18)23(33)16(25)13-19(26)30/h4-6,8-9,14,16-18,20H,3,7,10-13,25H2,1-2H3,(H2,26,30)(H,27,32)(H,28,31)(H,34,35). The van der Waals surface area contributed by atoms with Gasteiger partial charge in [-0.3, -0.25) is 19.2 Å². The molecule has 192 valence electrons. The van der Waals surface area contributed by atoms with E-state index in [2.05, 4.69) is 10.6 Å². The van der Waals surface area contributed by atoms with Crippen LogP contribution in [0, 0.1) is 5.92 Å². The van der Waals surface area contributed by atoms with Crippen LogP contribution in [0.3, 0.4) is 0 Å². The van der Waals surface area contributed by atoms with Gasteiger partial charge >= 0.3 is 5.97 Å². The molecule has 11 nitrogen and oxygen atoms in total. The number of carbonyl (C=O) groups excluding carboxylic acids is 4. The average molecular weight is 490 g/mol. The molecule has 5 atom stereocenters. The van der Waals surface area contributed by atoms with Crippen molar-refractivity contribution in [3.8, 4) is 0 Å². The fraction of sp³-hybridized carbons (Fsp3) is 0.542. The van der Waals surface area contributed by atoms with Gasteiger partial charge < -0.3 is 32.1 Å². The first-order chi connectivity index (χ1) is 16.5. The van der Waals surface area contributed by atoms with Crippen molar-refractivity contribution in [2.45, 2.75) is 70.1 Å². The predicted octanol–water partition coefficient (Wildman–Crippen LogP) is -0.477. The second-order valence-electron chi connectivity index (χ2n) is 8.93. The summed E-state index contributed by atoms with van der Waals surface area (Å²) >= 11 is 0. The third-order valence-corrected chi connectivity index (χ3v) is 6.27. The van der Waals surface area contributed by atoms with Gasteiger partial charge in [0.15, 0.2) is 0 Å². The third kappa shape index (κ3) is 7.78. The highest BCUT2D eigenvalue weighted by Crippen LogP contribution is 2.19. The number of hydrogen-bond donors (Lipinski definition) is 5. The molecule has 35 heavy (non-hydrogen) atoms. The van der Waals surface area contributed by atoms with Gasteiger partial charge in [0, 0.05) is 13.0 Å². The van der Waals surface area contributed by atoms with Crippen LogP contribution in [-0.4, -0.2) is 70.3 Å². The van der Waals surface area contributed by atoms with E-state index in [0.29, 0.717) is 19.3 Å². The number of nitrogens with zero attached hydrogens (tertiary/aromatic N) is 1. The summed E-state index contributed by atoms with van der Waals surface area (Å²) in [5.74, 6) is -3.94. The molecule has 1 saturated heterocycles. The van der Waals surface area contributed by atoms with E-state index in [1.807, 2.05) is 13.0 Å². The van der Waals surface area contributed by atoms with Crippen LogP contribution in [-0.2, 0) is 30.4 Å². The van der Waals surface area contributed by atoms with Crippen molar-refractivity contribution in [3.05, 3.63) is 35.9 Å². The van der Waals surface area contributed by atoms with Gasteiger partial charge in [-0.15, -0.1) is 0 Å². The van der Waals surface area contributed by atoms with Gasteiger partial charge in [-0.2, -0.15) is 0 Å². The largest absolute Gasteiger partial charge is 0.480 e. The number of hydrogen-bond acceptors (Lipinski definition) is 6. The van der Waals surface area contributed by atoms with Gasteiger partial charge in [0.1, 0.15) is 18.1 Å². The molecule has 11 heteroatoms. The van der Waals surface area contributed by atoms with E-state index in [9.17, 15) is 29.1 Å². The topological polar surface area (TPSA) is 185 Å². The van der Waals surface area contributed by atoms with Crippen LogP contribution < -0.4 is 22.1 Å². The molecule has 1 aliphatic rings. The fourth-order valence-electron chi connectivity index (χ4n) is 4.08. The SMILES string of the molecule is CCC(C)C(NC(=O)C(Cc1ccccc1)NC(=O)C1CCCN1C(=O)C(N)CC(N)=O)C(=O)O. The molecular weight excluding hydrogens is 454 g/mol. The highest BCUT2D eigenvalue weighted by molar-refractivity contribution is 5.95. The van der Waals surface area contributed by atoms with Crippen molar-refractivity contribution in [1.82, 2.24) is 15.5 Å². The summed E-state index contributed by atoms with van der Waals surface area (Å²) in [6.07, 6.45) is 1.25. The fourth-order valence-corrected chi connectivity index (χ4v) is 4.08. The number of likely N-dealkylation sites (tertiary alicyclic amines) is 1. The number of carbonyl (C=O) groups is 5. The quantitative estimate of drug-likeness (QED) is 0.262. The number of carboxylic acids is 1. The number of nitrogens with two attached hydrogens (primary N) is 2. The molecule has 1 heterocycles. The molecule has 1 aromatic rings. The Balaban J connectivity index is 2.21. The van der Waals surface area contributed by atoms with Crippen molar-refractivity contribution < 1.29 is 29.1 Å². The van der Waals surface area contributed by atoms with Gasteiger partial charge in [0.05, 0.1) is 12.5 Å². The summed E-state index contributed by atoms with van der Waals surface area (Å²) in [4.78, 5) is 63.2. The zero-order valence-corrected chi connectivity index (χ0v) is 20.1. The zero-order valence-electron chi connectivity index (χ0n) is 20.1. The second kappa shape index (κ2) is 12.8. The van der Waals surface area contributed by atoms with Crippen molar-refractivity contribution in [2.75, 3.05) is 6.54 Å². The van der Waals surface area contributed by atoms with E-state index in [-0.39, 0.29) is 25.3 Å². The normalized spacial score (nSPS) is 18.7. The van der Waals surface area contributed by atoms with E-state index >= 15 is 0 Å². The highest BCUT2D eigenvalue weighted by Gasteiger charge is 2.38. The molecule has 0 radical (unpaired) electrons. The molecule has 1 aromatic carbocycles. The minimum absolute atomic E-state index is 0.132. The summed E-state index contributed by atoms with van der Waals surface area (Å²) in [6, 6.07) is 4.80. The molecule has 1 aliphatic heterocycles. The van der Waals surface area contributed by atoms with Gasteiger partial charge in [-0.25, -0.2) is 4.79 Å². The molecule has 4 amide bonds. The Morgan fingerprint density at radius 1 is 1.14 bits per heavy atom. The molecule has 0 aromatic heterocycles. The van der Waals surface area contributed by atoms with E-state index in [0.717, 1.165) is 5.56 Å². The van der Waals surface area contributed by atoms with Crippen molar-refractivity contribution in [2.24, 2.45) is 17.4 Å². The number of carboxylic acid groups (broad SMARTS) is 1. The average Bonchev–Trinajstić information content (AvgIpc) is 3.31. The minimum atomic E-state index is -1.16. The Morgan fingerprint density at radius 3 is 2.37 bits per heavy atom. The lowest BCUT2D eigenvalue weighted by Gasteiger charge is -2.29. The second-order valence-corrected chi connectivity index (χ2v) is 8.93. The molecule has 5 unspecified atom stereocenters. The van der Waals surface area contributed by atoms with E-state index in [4.69, 9.17) is 11.5 Å². The summed E-state index contributed by atoms with van der Waals surface area (Å²) in [5, 5.41) is 14.8. The lowest BCUT2D eigenvalue weighted by molar-refractivity contribution is -0.144. The smallest absolute Gasteiger partial charge is 0.326 e. The Hall–Kier alpha value is -3.47. The van der Waals surface area contributed by atoms with Crippen LogP contribution in [0.25, 0.3) is 0 Å². The highest BCUT2D eigenvalue weighted by atomic mass is 16.4. The lowest BCUT2D eigenvalue weighted by atomic mass is 9.98. The zero-order chi connectivity index (χ0) is 26.1. The summed E-state index contributed by atoms with van der Waals surface area (Å²) < 4.78 is 0. The summed E-state index contributed by atoms with van der Waals surface area (Å²) in [7, 11) is 0. The third-order valence-electron chi connectivity index (χ3n) is 6.27. The van der Waals surface area contributed by atoms with E-state index in [1.165, 1.54) is 4.90 Å². The van der Waals surface area contributed by atoms with Crippen molar-refractivity contribution in [3.63, 3.8) is 0 Å². The van der Waals surface area contributed by atoms with Crippen LogP contribution in [0.2, 0.25) is 0 Å². The van der Waals surface area contributed by atoms with Gasteiger partial charge in [-0.1, -0.05) is 50.6 Å². The molecular formula is C24H35N5O6. The Bertz CT molecular complexity index is 924. The van der Waals surface area contributed by atoms with E-state index < -0.39 is 53.8 Å². The number of rotatable bonds is 12. The Morgan fingerprint density at radius 2 is 1.80 bits per heavy atom. The Kier molecular flexibility index (Phi) is 10.2. The molecule has 0 aliphatic carbocycles. The van der Waals surface area contributed by atoms with Crippen molar-refractivity contribution in [1.29, 1.82) is 0 Å². The lowest BCUT2D eigenvalue weighted by Crippen LogP contribution is -2.58. The molecule has 0 spiro atoms. The Labute approximate surface area is 204 Å². The molecule has 0 saturated carbocycles. The molecule has 1 fully saturated rings. The first kappa shape index (κ1) is 27.8. The van der Waals surface area contributed by atoms with E-state index in [1.54, 1.807) is 31.2 Å². The maximum Gasteiger partial charge on any atom is 0.326 e. The molecule has 2 rings (SSSR count). The summed E-state index contributed by atoms with van der Waals surface area (Å²) in [5.41, 5.74) is 11.7. The number of primary amides is 1. The van der Waals surface area contributed by atoms with Crippen LogP contribution in [0.1, 0.15) is 45.1 Å². The minimum Gasteiger partial charge on any atom is -0.480 e. The van der Waals surface area contributed by atoms with Crippen LogP contribution in [0.5, 0.6) is 0 Å². The number of nitrogens with one attached hydrogen (secondary N) is 2. The number of aliphatic carboxylic acids is 1. The summed E-state index contributed by atoms with van der Waals surface area (Å²) in [6.45, 7) is 3.83. The van der Waals surface area contributed by atoms with Crippen LogP contribution >= 0.6 is 0 Å². The number of amides is 4. The van der Waals surface area contributed by atoms with Crippen molar-refractivity contribution >= 4 is 29.6 Å². The predicted molar refractivity (Wildman–Crippen MR) is 128 cm³/mol. The van der Waals surface area contributed by atoms with Gasteiger partial charge in [0.25, 0.3) is 0 Å². The number of benzene rings is 1. The van der Waals surface area contributed by atoms with Gasteiger partial charge in [0.2, 0.25) is 23.6 Å². The van der Waals surface area contributed by atoms with Crippen LogP contribution in [0.4, 0.5) is 0 Å². The van der Waals surface area contributed by atoms with Gasteiger partial charge in [-0.05, 0) is 24.3 Å². The first-order valence-corrected chi connectivity index (χ1v) is 11.8.